The van der Waals surface area contributed by atoms with E-state index in [0.717, 1.165) is 6.07 Å². The van der Waals surface area contributed by atoms with Gasteiger partial charge in [0.1, 0.15) is 5.69 Å². The number of nitrogens with zero attached hydrogens (tertiary/aromatic N) is 1. The van der Waals surface area contributed by atoms with Crippen molar-refractivity contribution >= 4 is 11.8 Å². The van der Waals surface area contributed by atoms with Crippen molar-refractivity contribution in [1.29, 1.82) is 0 Å². The predicted molar refractivity (Wildman–Crippen MR) is 73.1 cm³/mol. The van der Waals surface area contributed by atoms with E-state index >= 15 is 0 Å². The molecule has 1 aromatic carbocycles. The van der Waals surface area contributed by atoms with Gasteiger partial charge in [0.15, 0.2) is 0 Å². The first-order valence-corrected chi connectivity index (χ1v) is 7.12. The Morgan fingerprint density at radius 2 is 1.68 bits per heavy atom. The molecule has 2 rings (SSSR count). The quantitative estimate of drug-likeness (QED) is 0.528. The highest BCUT2D eigenvalue weighted by atomic mass is 32.2. The van der Waals surface area contributed by atoms with Crippen LogP contribution in [0, 0.1) is 13.8 Å². The van der Waals surface area contributed by atoms with Crippen LogP contribution in [0.1, 0.15) is 23.3 Å². The first kappa shape index (κ1) is 16.8. The normalized spacial score (nSPS) is 13.1. The van der Waals surface area contributed by atoms with Gasteiger partial charge in [-0.3, -0.25) is 0 Å². The molecule has 0 radical (unpaired) electrons. The zero-order chi connectivity index (χ0) is 16.4. The van der Waals surface area contributed by atoms with E-state index in [9.17, 15) is 22.0 Å². The van der Waals surface area contributed by atoms with Crippen LogP contribution in [0.15, 0.2) is 27.6 Å². The van der Waals surface area contributed by atoms with Gasteiger partial charge in [-0.25, -0.2) is 22.0 Å². The zero-order valence-corrected chi connectivity index (χ0v) is 12.4. The van der Waals surface area contributed by atoms with E-state index in [1.807, 2.05) is 0 Å². The first-order valence-electron chi connectivity index (χ1n) is 6.25. The van der Waals surface area contributed by atoms with Gasteiger partial charge < -0.3 is 4.52 Å². The smallest absolute Gasteiger partial charge is 0.298 e. The minimum atomic E-state index is -3.10. The molecule has 0 aliphatic carbocycles. The molecule has 120 valence electrons. The molecule has 0 fully saturated rings. The van der Waals surface area contributed by atoms with E-state index in [4.69, 9.17) is 0 Å². The molecule has 0 saturated carbocycles. The molecule has 1 atom stereocenters. The van der Waals surface area contributed by atoms with Gasteiger partial charge >= 0.3 is 0 Å². The van der Waals surface area contributed by atoms with Crippen LogP contribution in [0.5, 0.6) is 0 Å². The fourth-order valence-electron chi connectivity index (χ4n) is 1.93. The molecule has 0 aliphatic heterocycles. The van der Waals surface area contributed by atoms with Gasteiger partial charge in [-0.2, -0.15) is 0 Å². The molecule has 0 N–H and O–H groups in total. The fourth-order valence-corrected chi connectivity index (χ4v) is 2.70. The average Bonchev–Trinajstić information content (AvgIpc) is 2.91. The lowest BCUT2D eigenvalue weighted by Gasteiger charge is -2.12. The van der Waals surface area contributed by atoms with Crippen LogP contribution >= 0.6 is 11.8 Å². The van der Waals surface area contributed by atoms with Crippen molar-refractivity contribution in [2.24, 2.45) is 0 Å². The van der Waals surface area contributed by atoms with E-state index in [2.05, 4.69) is 9.68 Å². The second-order valence-corrected chi connectivity index (χ2v) is 5.78. The molecule has 0 amide bonds. The van der Waals surface area contributed by atoms with Crippen molar-refractivity contribution in [3.63, 3.8) is 0 Å². The number of aryl methyl sites for hydroxylation is 2. The van der Waals surface area contributed by atoms with Crippen LogP contribution in [-0.4, -0.2) is 17.1 Å². The SMILES string of the molecule is Cc1cc(C)c(-c2cc(C(F)F)on2)cc1SC(F)C(F)F. The first-order chi connectivity index (χ1) is 10.3. The number of alkyl halides is 5. The van der Waals surface area contributed by atoms with E-state index in [-0.39, 0.29) is 5.69 Å². The summed E-state index contributed by atoms with van der Waals surface area (Å²) >= 11 is 0.386. The lowest BCUT2D eigenvalue weighted by Crippen LogP contribution is -2.07. The summed E-state index contributed by atoms with van der Waals surface area (Å²) in [6, 6.07) is 4.20. The highest BCUT2D eigenvalue weighted by Crippen LogP contribution is 2.36. The van der Waals surface area contributed by atoms with E-state index in [1.165, 1.54) is 6.07 Å². The Hall–Kier alpha value is -1.57. The lowest BCUT2D eigenvalue weighted by atomic mass is 10.0. The minimum Gasteiger partial charge on any atom is -0.355 e. The molecular formula is C14H12F5NOS. The Morgan fingerprint density at radius 3 is 2.23 bits per heavy atom. The van der Waals surface area contributed by atoms with Crippen molar-refractivity contribution in [2.75, 3.05) is 0 Å². The van der Waals surface area contributed by atoms with E-state index < -0.39 is 24.1 Å². The summed E-state index contributed by atoms with van der Waals surface area (Å²) in [5.74, 6) is -0.583. The molecule has 22 heavy (non-hydrogen) atoms. The van der Waals surface area contributed by atoms with Crippen LogP contribution in [0.3, 0.4) is 0 Å². The van der Waals surface area contributed by atoms with Crippen molar-refractivity contribution in [1.82, 2.24) is 5.16 Å². The van der Waals surface area contributed by atoms with E-state index in [0.29, 0.717) is 33.3 Å². The third-order valence-electron chi connectivity index (χ3n) is 2.98. The summed E-state index contributed by atoms with van der Waals surface area (Å²) in [4.78, 5) is 0.301. The molecule has 2 nitrogen and oxygen atoms in total. The number of thioether (sulfide) groups is 1. The third kappa shape index (κ3) is 3.60. The van der Waals surface area contributed by atoms with Gasteiger partial charge in [0.05, 0.1) is 0 Å². The Bertz CT molecular complexity index is 659. The molecule has 1 heterocycles. The van der Waals surface area contributed by atoms with Gasteiger partial charge in [0, 0.05) is 16.5 Å². The Balaban J connectivity index is 2.39. The van der Waals surface area contributed by atoms with Crippen molar-refractivity contribution in [3.05, 3.63) is 35.1 Å². The summed E-state index contributed by atoms with van der Waals surface area (Å²) in [7, 11) is 0. The highest BCUT2D eigenvalue weighted by molar-refractivity contribution is 7.99. The molecule has 0 aliphatic rings. The minimum absolute atomic E-state index is 0.155. The summed E-state index contributed by atoms with van der Waals surface area (Å²) in [6.45, 7) is 3.37. The fraction of sp³-hybridized carbons (Fsp3) is 0.357. The van der Waals surface area contributed by atoms with Crippen LogP contribution < -0.4 is 0 Å². The van der Waals surface area contributed by atoms with Gasteiger partial charge in [-0.1, -0.05) is 23.0 Å². The Kier molecular flexibility index (Phi) is 5.10. The average molecular weight is 337 g/mol. The van der Waals surface area contributed by atoms with Crippen LogP contribution in [0.25, 0.3) is 11.3 Å². The summed E-state index contributed by atoms with van der Waals surface area (Å²) in [5, 5.41) is 3.55. The van der Waals surface area contributed by atoms with Gasteiger partial charge in [-0.15, -0.1) is 0 Å². The molecule has 0 spiro atoms. The summed E-state index contributed by atoms with van der Waals surface area (Å²) < 4.78 is 67.5. The molecule has 0 bridgehead atoms. The van der Waals surface area contributed by atoms with Gasteiger partial charge in [-0.05, 0) is 31.0 Å². The molecule has 2 aromatic rings. The van der Waals surface area contributed by atoms with Crippen molar-refractivity contribution in [2.45, 2.75) is 37.1 Å². The second kappa shape index (κ2) is 6.68. The molecule has 0 saturated heterocycles. The predicted octanol–water partition coefficient (Wildman–Crippen LogP) is 5.55. The highest BCUT2D eigenvalue weighted by Gasteiger charge is 2.23. The zero-order valence-electron chi connectivity index (χ0n) is 11.6. The second-order valence-electron chi connectivity index (χ2n) is 4.65. The standard InChI is InChI=1S/C14H12F5NOS/c1-6-3-7(2)11(22-14(19)13(17)18)4-8(6)9-5-10(12(15)16)21-20-9/h3-5,12-14H,1-2H3. The van der Waals surface area contributed by atoms with Crippen LogP contribution in [0.4, 0.5) is 22.0 Å². The summed E-state index contributed by atoms with van der Waals surface area (Å²) in [6.07, 6.45) is -5.90. The van der Waals surface area contributed by atoms with E-state index in [1.54, 1.807) is 19.9 Å². The monoisotopic (exact) mass is 337 g/mol. The molecule has 1 aromatic heterocycles. The molecule has 1 unspecified atom stereocenters. The van der Waals surface area contributed by atoms with Crippen LogP contribution in [-0.2, 0) is 0 Å². The Morgan fingerprint density at radius 1 is 1.00 bits per heavy atom. The maximum absolute atomic E-state index is 13.2. The van der Waals surface area contributed by atoms with Crippen LogP contribution in [0.2, 0.25) is 0 Å². The largest absolute Gasteiger partial charge is 0.355 e. The van der Waals surface area contributed by atoms with Crippen molar-refractivity contribution in [3.8, 4) is 11.3 Å². The summed E-state index contributed by atoms with van der Waals surface area (Å²) in [5.41, 5.74) is -0.453. The van der Waals surface area contributed by atoms with Gasteiger partial charge in [0.2, 0.25) is 11.3 Å². The molecular weight excluding hydrogens is 325 g/mol. The Labute approximate surface area is 127 Å². The number of rotatable bonds is 5. The number of hydrogen-bond donors (Lipinski definition) is 0. The molecule has 8 heteroatoms. The van der Waals surface area contributed by atoms with Crippen molar-refractivity contribution < 1.29 is 26.5 Å². The third-order valence-corrected chi connectivity index (χ3v) is 4.10. The number of benzene rings is 1. The number of halogens is 5. The lowest BCUT2D eigenvalue weighted by molar-refractivity contribution is 0.0953. The maximum atomic E-state index is 13.2. The number of hydrogen-bond acceptors (Lipinski definition) is 3. The topological polar surface area (TPSA) is 26.0 Å². The maximum Gasteiger partial charge on any atom is 0.298 e. The van der Waals surface area contributed by atoms with Gasteiger partial charge in [0.25, 0.3) is 12.9 Å². The number of aromatic nitrogens is 1.